The van der Waals surface area contributed by atoms with Gasteiger partial charge in [0.1, 0.15) is 28.6 Å². The Labute approximate surface area is 246 Å². The number of benzene rings is 1. The van der Waals surface area contributed by atoms with Gasteiger partial charge in [0.15, 0.2) is 17.4 Å². The number of aromatic nitrogens is 4. The van der Waals surface area contributed by atoms with E-state index in [1.807, 2.05) is 28.9 Å². The minimum atomic E-state index is -1.06. The lowest BCUT2D eigenvalue weighted by Crippen LogP contribution is -2.35. The fourth-order valence-corrected chi connectivity index (χ4v) is 6.16. The molecule has 0 amide bonds. The van der Waals surface area contributed by atoms with Crippen LogP contribution in [-0.2, 0) is 17.8 Å². The lowest BCUT2D eigenvalue weighted by molar-refractivity contribution is -0.0593. The van der Waals surface area contributed by atoms with E-state index in [2.05, 4.69) is 20.9 Å². The monoisotopic (exact) mass is 589 g/mol. The molecule has 2 fully saturated rings. The van der Waals surface area contributed by atoms with Crippen molar-refractivity contribution in [2.24, 2.45) is 0 Å². The summed E-state index contributed by atoms with van der Waals surface area (Å²) >= 11 is 5.90. The number of hydrogen-bond donors (Lipinski definition) is 1. The topological polar surface area (TPSA) is 103 Å². The van der Waals surface area contributed by atoms with Gasteiger partial charge in [0.05, 0.1) is 24.2 Å². The molecular weight excluding hydrogens is 561 g/mol. The largest absolute Gasteiger partial charge is 0.479 e. The maximum absolute atomic E-state index is 14.6. The van der Waals surface area contributed by atoms with Gasteiger partial charge < -0.3 is 19.1 Å². The van der Waals surface area contributed by atoms with E-state index in [0.29, 0.717) is 24.3 Å². The summed E-state index contributed by atoms with van der Waals surface area (Å²) in [6, 6.07) is 10.6. The molecule has 7 rings (SSSR count). The molecule has 3 aromatic heterocycles. The molecule has 0 spiro atoms. The van der Waals surface area contributed by atoms with Crippen molar-refractivity contribution >= 4 is 34.8 Å². The van der Waals surface area contributed by atoms with Gasteiger partial charge in [0.2, 0.25) is 0 Å². The Hall–Kier alpha value is -3.86. The third-order valence-electron chi connectivity index (χ3n) is 8.34. The number of pyridine rings is 2. The van der Waals surface area contributed by atoms with E-state index in [0.717, 1.165) is 61.7 Å². The van der Waals surface area contributed by atoms with Crippen LogP contribution in [0.4, 0.5) is 4.39 Å². The van der Waals surface area contributed by atoms with Gasteiger partial charge in [-0.15, -0.1) is 0 Å². The number of nitrogens with zero attached hydrogens (tertiary/aromatic N) is 5. The predicted octanol–water partition coefficient (Wildman–Crippen LogP) is 5.63. The van der Waals surface area contributed by atoms with Crippen LogP contribution in [0.25, 0.3) is 17.2 Å². The van der Waals surface area contributed by atoms with Gasteiger partial charge in [0, 0.05) is 18.4 Å². The average Bonchev–Trinajstić information content (AvgIpc) is 3.30. The summed E-state index contributed by atoms with van der Waals surface area (Å²) < 4.78 is 28.7. The van der Waals surface area contributed by atoms with E-state index < -0.39 is 17.9 Å². The second kappa shape index (κ2) is 11.1. The van der Waals surface area contributed by atoms with Crippen LogP contribution >= 0.6 is 11.6 Å². The predicted molar refractivity (Wildman–Crippen MR) is 154 cm³/mol. The number of carboxylic acids is 1. The van der Waals surface area contributed by atoms with Crippen LogP contribution in [0.1, 0.15) is 64.4 Å². The van der Waals surface area contributed by atoms with Crippen molar-refractivity contribution in [3.05, 3.63) is 87.9 Å². The Morgan fingerprint density at radius 2 is 1.98 bits per heavy atom. The van der Waals surface area contributed by atoms with Gasteiger partial charge in [-0.05, 0) is 68.1 Å². The first-order chi connectivity index (χ1) is 20.4. The fraction of sp³-hybridized carbons (Fsp3) is 0.355. The van der Waals surface area contributed by atoms with Crippen molar-refractivity contribution in [2.45, 2.75) is 50.5 Å². The molecule has 6 heterocycles. The molecule has 2 saturated heterocycles. The standard InChI is InChI=1S/C31H29ClFN5O4/c32-20-14-23(33)28(34-15-20)26-7-4-19-2-1-3-22(29(19)42-26)18-8-11-37(12-9-18)17-27-35-24-5-6-25(31(39)40)36-30(24)38(27)16-21-10-13-41-21/h1-7,14-15,18,21,26H,8-13,16-17H2,(H,39,40)/t21-,26+/m0/s1. The fourth-order valence-electron chi connectivity index (χ4n) is 6.02. The molecule has 2 atom stereocenters. The highest BCUT2D eigenvalue weighted by Crippen LogP contribution is 2.42. The van der Waals surface area contributed by atoms with Gasteiger partial charge >= 0.3 is 5.97 Å². The summed E-state index contributed by atoms with van der Waals surface area (Å²) in [5, 5.41) is 9.71. The lowest BCUT2D eigenvalue weighted by atomic mass is 9.87. The molecule has 0 aliphatic carbocycles. The van der Waals surface area contributed by atoms with Gasteiger partial charge in [-0.25, -0.2) is 19.2 Å². The van der Waals surface area contributed by atoms with Gasteiger partial charge in [-0.2, -0.15) is 0 Å². The first-order valence-corrected chi connectivity index (χ1v) is 14.5. The number of carboxylic acid groups (broad SMARTS) is 1. The lowest BCUT2D eigenvalue weighted by Gasteiger charge is -2.34. The number of ether oxygens (including phenoxy) is 2. The minimum absolute atomic E-state index is 0.00520. The number of fused-ring (bicyclic) bond motifs is 2. The molecule has 0 saturated carbocycles. The summed E-state index contributed by atoms with van der Waals surface area (Å²) in [7, 11) is 0. The highest BCUT2D eigenvalue weighted by molar-refractivity contribution is 6.30. The number of hydrogen-bond acceptors (Lipinski definition) is 7. The van der Waals surface area contributed by atoms with Crippen molar-refractivity contribution in [3.8, 4) is 5.75 Å². The first kappa shape index (κ1) is 27.0. The quantitative estimate of drug-likeness (QED) is 0.296. The van der Waals surface area contributed by atoms with Gasteiger partial charge in [-0.1, -0.05) is 35.9 Å². The van der Waals surface area contributed by atoms with Crippen LogP contribution in [0.15, 0.2) is 48.7 Å². The molecular formula is C31H29ClFN5O4. The van der Waals surface area contributed by atoms with E-state index in [4.69, 9.17) is 26.1 Å². The van der Waals surface area contributed by atoms with Crippen LogP contribution in [0.2, 0.25) is 5.02 Å². The minimum Gasteiger partial charge on any atom is -0.479 e. The Morgan fingerprint density at radius 1 is 1.14 bits per heavy atom. The van der Waals surface area contributed by atoms with Crippen molar-refractivity contribution in [2.75, 3.05) is 19.7 Å². The van der Waals surface area contributed by atoms with Crippen molar-refractivity contribution < 1.29 is 23.8 Å². The third kappa shape index (κ3) is 5.14. The number of carbonyl (C=O) groups is 1. The number of aromatic carboxylic acids is 1. The molecule has 11 heteroatoms. The van der Waals surface area contributed by atoms with E-state index in [9.17, 15) is 14.3 Å². The first-order valence-electron chi connectivity index (χ1n) is 14.1. The zero-order valence-corrected chi connectivity index (χ0v) is 23.5. The molecule has 216 valence electrons. The zero-order chi connectivity index (χ0) is 28.8. The zero-order valence-electron chi connectivity index (χ0n) is 22.7. The molecule has 3 aliphatic rings. The van der Waals surface area contributed by atoms with E-state index in [-0.39, 0.29) is 28.4 Å². The van der Waals surface area contributed by atoms with Crippen molar-refractivity contribution in [1.82, 2.24) is 24.4 Å². The second-order valence-electron chi connectivity index (χ2n) is 11.0. The molecule has 0 radical (unpaired) electrons. The maximum atomic E-state index is 14.6. The Bertz CT molecular complexity index is 1700. The summed E-state index contributed by atoms with van der Waals surface area (Å²) in [4.78, 5) is 27.4. The van der Waals surface area contributed by atoms with Crippen molar-refractivity contribution in [1.29, 1.82) is 0 Å². The van der Waals surface area contributed by atoms with E-state index in [1.165, 1.54) is 18.3 Å². The summed E-state index contributed by atoms with van der Waals surface area (Å²) in [5.41, 5.74) is 3.58. The van der Waals surface area contributed by atoms with Crippen LogP contribution in [0, 0.1) is 5.82 Å². The van der Waals surface area contributed by atoms with Gasteiger partial charge in [-0.3, -0.25) is 9.88 Å². The number of rotatable bonds is 7. The molecule has 4 aromatic rings. The molecule has 1 N–H and O–H groups in total. The highest BCUT2D eigenvalue weighted by Gasteiger charge is 2.30. The Kier molecular flexibility index (Phi) is 7.13. The SMILES string of the molecule is O=C(O)c1ccc2nc(CN3CCC(c4cccc5c4O[C@@H](c4ncc(Cl)cc4F)C=C5)CC3)n(C[C@@H]3CCO3)c2n1. The smallest absolute Gasteiger partial charge is 0.354 e. The molecule has 0 unspecified atom stereocenters. The molecule has 9 nitrogen and oxygen atoms in total. The molecule has 42 heavy (non-hydrogen) atoms. The number of piperidine rings is 1. The highest BCUT2D eigenvalue weighted by atomic mass is 35.5. The third-order valence-corrected chi connectivity index (χ3v) is 8.55. The van der Waals surface area contributed by atoms with Crippen molar-refractivity contribution in [3.63, 3.8) is 0 Å². The number of para-hydroxylation sites is 1. The van der Waals surface area contributed by atoms with Crippen LogP contribution in [-0.4, -0.2) is 61.3 Å². The normalized spacial score (nSPS) is 20.7. The second-order valence-corrected chi connectivity index (χ2v) is 11.4. The van der Waals surface area contributed by atoms with Crippen LogP contribution in [0.3, 0.4) is 0 Å². The molecule has 1 aromatic carbocycles. The number of likely N-dealkylation sites (tertiary alicyclic amines) is 1. The summed E-state index contributed by atoms with van der Waals surface area (Å²) in [6.45, 7) is 3.69. The van der Waals surface area contributed by atoms with E-state index in [1.54, 1.807) is 6.07 Å². The Balaban J connectivity index is 1.08. The van der Waals surface area contributed by atoms with Crippen LogP contribution in [0.5, 0.6) is 5.75 Å². The molecule has 3 aliphatic heterocycles. The van der Waals surface area contributed by atoms with Crippen LogP contribution < -0.4 is 4.74 Å². The number of halogens is 2. The summed E-state index contributed by atoms with van der Waals surface area (Å²) in [5.74, 6) is 0.378. The summed E-state index contributed by atoms with van der Waals surface area (Å²) in [6.07, 6.45) is 7.50. The van der Waals surface area contributed by atoms with Gasteiger partial charge in [0.25, 0.3) is 0 Å². The number of imidazole rings is 1. The van der Waals surface area contributed by atoms with E-state index >= 15 is 0 Å². The Morgan fingerprint density at radius 3 is 2.71 bits per heavy atom. The maximum Gasteiger partial charge on any atom is 0.354 e. The molecule has 0 bridgehead atoms. The average molecular weight is 590 g/mol.